The maximum Gasteiger partial charge on any atom is 0.377 e. The van der Waals surface area contributed by atoms with E-state index in [0.29, 0.717) is 27.1 Å². The first-order valence-electron chi connectivity index (χ1n) is 10.8. The first-order chi connectivity index (χ1) is 16.5. The molecule has 1 amide bonds. The highest BCUT2D eigenvalue weighted by molar-refractivity contribution is 5.95. The molecule has 1 aromatic heterocycles. The minimum atomic E-state index is -0.946. The standard InChI is InChI=1S/C23H24FN5O5/c1-33-19-12-11-17(13-15(19)14-30)27(16-7-4-3-5-8-16)22(31)29-23(32)28(25-26-29)21-18(24)9-6-10-20(21)34-2/h6,9-14,16H,3-5,7-8H2,1-2H3. The number of aromatic nitrogens is 4. The molecule has 1 saturated carbocycles. The number of aldehydes is 1. The predicted molar refractivity (Wildman–Crippen MR) is 121 cm³/mol. The third kappa shape index (κ3) is 4.16. The average Bonchev–Trinajstić information content (AvgIpc) is 3.25. The van der Waals surface area contributed by atoms with Crippen LogP contribution in [0, 0.1) is 5.82 Å². The Morgan fingerprint density at radius 2 is 1.82 bits per heavy atom. The molecule has 0 bridgehead atoms. The van der Waals surface area contributed by atoms with E-state index in [1.807, 2.05) is 0 Å². The van der Waals surface area contributed by atoms with Gasteiger partial charge in [0, 0.05) is 11.7 Å². The van der Waals surface area contributed by atoms with E-state index in [1.165, 1.54) is 37.3 Å². The maximum absolute atomic E-state index is 14.5. The van der Waals surface area contributed by atoms with Crippen molar-refractivity contribution in [1.82, 2.24) is 19.8 Å². The van der Waals surface area contributed by atoms with Gasteiger partial charge in [-0.15, -0.1) is 4.68 Å². The summed E-state index contributed by atoms with van der Waals surface area (Å²) in [6.45, 7) is 0. The predicted octanol–water partition coefficient (Wildman–Crippen LogP) is 3.21. The number of anilines is 1. The zero-order chi connectivity index (χ0) is 24.2. The second-order valence-corrected chi connectivity index (χ2v) is 7.86. The fourth-order valence-electron chi connectivity index (χ4n) is 4.25. The number of carbonyl (C=O) groups excluding carboxylic acids is 2. The summed E-state index contributed by atoms with van der Waals surface area (Å²) in [6.07, 6.45) is 4.96. The van der Waals surface area contributed by atoms with Crippen molar-refractivity contribution in [3.05, 3.63) is 58.3 Å². The van der Waals surface area contributed by atoms with Crippen LogP contribution in [0.3, 0.4) is 0 Å². The molecular weight excluding hydrogens is 445 g/mol. The molecule has 0 unspecified atom stereocenters. The number of carbonyl (C=O) groups is 2. The smallest absolute Gasteiger partial charge is 0.377 e. The number of tetrazole rings is 1. The molecule has 0 spiro atoms. The van der Waals surface area contributed by atoms with Crippen LogP contribution >= 0.6 is 0 Å². The van der Waals surface area contributed by atoms with Gasteiger partial charge in [-0.05, 0) is 53.6 Å². The molecule has 4 rings (SSSR count). The first-order valence-corrected chi connectivity index (χ1v) is 10.8. The normalized spacial score (nSPS) is 14.0. The SMILES string of the molecule is COc1ccc(N(C(=O)n2nnn(-c3c(F)cccc3OC)c2=O)C2CCCCC2)cc1C=O. The van der Waals surface area contributed by atoms with Gasteiger partial charge in [0.25, 0.3) is 0 Å². The molecule has 0 N–H and O–H groups in total. The van der Waals surface area contributed by atoms with Crippen LogP contribution in [-0.2, 0) is 0 Å². The van der Waals surface area contributed by atoms with Crippen LogP contribution in [0.2, 0.25) is 0 Å². The Balaban J connectivity index is 1.80. The highest BCUT2D eigenvalue weighted by atomic mass is 19.1. The summed E-state index contributed by atoms with van der Waals surface area (Å²) in [5.41, 5.74) is -0.505. The number of hydrogen-bond donors (Lipinski definition) is 0. The average molecular weight is 469 g/mol. The lowest BCUT2D eigenvalue weighted by molar-refractivity contribution is 0.112. The molecule has 11 heteroatoms. The van der Waals surface area contributed by atoms with Gasteiger partial charge >= 0.3 is 11.7 Å². The summed E-state index contributed by atoms with van der Waals surface area (Å²) in [5.74, 6) is -0.322. The molecule has 10 nitrogen and oxygen atoms in total. The van der Waals surface area contributed by atoms with E-state index in [-0.39, 0.29) is 23.0 Å². The number of rotatable bonds is 6. The Hall–Kier alpha value is -4.02. The van der Waals surface area contributed by atoms with Gasteiger partial charge in [-0.3, -0.25) is 9.69 Å². The molecule has 178 valence electrons. The Bertz CT molecular complexity index is 1260. The number of amides is 1. The summed E-state index contributed by atoms with van der Waals surface area (Å²) < 4.78 is 26.2. The fraction of sp³-hybridized carbons (Fsp3) is 0.348. The molecule has 0 saturated heterocycles. The second-order valence-electron chi connectivity index (χ2n) is 7.86. The van der Waals surface area contributed by atoms with Crippen molar-refractivity contribution in [2.24, 2.45) is 0 Å². The number of ether oxygens (including phenoxy) is 2. The fourth-order valence-corrected chi connectivity index (χ4v) is 4.25. The molecule has 1 aliphatic carbocycles. The summed E-state index contributed by atoms with van der Waals surface area (Å²) in [6, 6.07) is 7.86. The van der Waals surface area contributed by atoms with Crippen LogP contribution in [0.4, 0.5) is 14.9 Å². The van der Waals surface area contributed by atoms with Gasteiger partial charge in [-0.25, -0.2) is 14.0 Å². The number of nitrogens with zero attached hydrogens (tertiary/aromatic N) is 5. The van der Waals surface area contributed by atoms with Crippen LogP contribution < -0.4 is 20.1 Å². The molecule has 0 radical (unpaired) electrons. The highest BCUT2D eigenvalue weighted by Gasteiger charge is 2.31. The lowest BCUT2D eigenvalue weighted by Gasteiger charge is -2.33. The Morgan fingerprint density at radius 1 is 1.09 bits per heavy atom. The van der Waals surface area contributed by atoms with Crippen LogP contribution in [0.25, 0.3) is 5.69 Å². The topological polar surface area (TPSA) is 109 Å². The number of para-hydroxylation sites is 1. The van der Waals surface area contributed by atoms with Crippen LogP contribution in [0.5, 0.6) is 11.5 Å². The van der Waals surface area contributed by atoms with Gasteiger partial charge in [0.15, 0.2) is 12.1 Å². The summed E-state index contributed by atoms with van der Waals surface area (Å²) in [4.78, 5) is 39.8. The van der Waals surface area contributed by atoms with Gasteiger partial charge in [0.05, 0.1) is 19.8 Å². The van der Waals surface area contributed by atoms with E-state index in [2.05, 4.69) is 10.4 Å². The summed E-state index contributed by atoms with van der Waals surface area (Å²) in [5, 5.41) is 7.47. The molecule has 1 aliphatic rings. The van der Waals surface area contributed by atoms with E-state index < -0.39 is 17.5 Å². The van der Waals surface area contributed by atoms with Crippen molar-refractivity contribution in [2.45, 2.75) is 38.1 Å². The Labute approximate surface area is 194 Å². The first kappa shape index (κ1) is 23.1. The summed E-state index contributed by atoms with van der Waals surface area (Å²) in [7, 11) is 2.78. The van der Waals surface area contributed by atoms with E-state index in [0.717, 1.165) is 38.2 Å². The second kappa shape index (κ2) is 9.86. The van der Waals surface area contributed by atoms with Gasteiger partial charge in [0.1, 0.15) is 17.2 Å². The van der Waals surface area contributed by atoms with Crippen molar-refractivity contribution in [3.63, 3.8) is 0 Å². The summed E-state index contributed by atoms with van der Waals surface area (Å²) >= 11 is 0. The molecule has 34 heavy (non-hydrogen) atoms. The number of methoxy groups -OCH3 is 2. The molecular formula is C23H24FN5O5. The lowest BCUT2D eigenvalue weighted by atomic mass is 9.94. The van der Waals surface area contributed by atoms with E-state index in [1.54, 1.807) is 12.1 Å². The largest absolute Gasteiger partial charge is 0.496 e. The van der Waals surface area contributed by atoms with Crippen molar-refractivity contribution in [2.75, 3.05) is 19.1 Å². The number of halogens is 1. The van der Waals surface area contributed by atoms with E-state index in [4.69, 9.17) is 9.47 Å². The van der Waals surface area contributed by atoms with E-state index >= 15 is 0 Å². The van der Waals surface area contributed by atoms with Gasteiger partial charge in [0.2, 0.25) is 0 Å². The van der Waals surface area contributed by atoms with Crippen LogP contribution in [0.1, 0.15) is 42.5 Å². The molecule has 3 aromatic rings. The zero-order valence-corrected chi connectivity index (χ0v) is 18.8. The lowest BCUT2D eigenvalue weighted by Crippen LogP contribution is -2.47. The molecule has 1 fully saturated rings. The number of hydrogen-bond acceptors (Lipinski definition) is 7. The van der Waals surface area contributed by atoms with Crippen LogP contribution in [0.15, 0.2) is 41.2 Å². The highest BCUT2D eigenvalue weighted by Crippen LogP contribution is 2.31. The van der Waals surface area contributed by atoms with Crippen molar-refractivity contribution in [3.8, 4) is 17.2 Å². The third-order valence-corrected chi connectivity index (χ3v) is 5.91. The monoisotopic (exact) mass is 469 g/mol. The number of benzene rings is 2. The van der Waals surface area contributed by atoms with E-state index in [9.17, 15) is 18.8 Å². The van der Waals surface area contributed by atoms with Gasteiger partial charge in [-0.1, -0.05) is 25.3 Å². The zero-order valence-electron chi connectivity index (χ0n) is 18.8. The molecule has 0 atom stereocenters. The molecule has 1 heterocycles. The van der Waals surface area contributed by atoms with Crippen molar-refractivity contribution >= 4 is 18.0 Å². The Kier molecular flexibility index (Phi) is 6.71. The third-order valence-electron chi connectivity index (χ3n) is 5.91. The Morgan fingerprint density at radius 3 is 2.50 bits per heavy atom. The van der Waals surface area contributed by atoms with Gasteiger partial charge < -0.3 is 9.47 Å². The van der Waals surface area contributed by atoms with Crippen molar-refractivity contribution in [1.29, 1.82) is 0 Å². The van der Waals surface area contributed by atoms with Gasteiger partial charge in [-0.2, -0.15) is 4.68 Å². The maximum atomic E-state index is 14.5. The molecule has 0 aliphatic heterocycles. The minimum absolute atomic E-state index is 0.0662. The minimum Gasteiger partial charge on any atom is -0.496 e. The van der Waals surface area contributed by atoms with Crippen molar-refractivity contribution < 1.29 is 23.5 Å². The molecule has 2 aromatic carbocycles. The quantitative estimate of drug-likeness (QED) is 0.403. The van der Waals surface area contributed by atoms with Crippen LogP contribution in [-0.4, -0.2) is 52.4 Å².